The Morgan fingerprint density at radius 1 is 1.29 bits per heavy atom. The van der Waals surface area contributed by atoms with Gasteiger partial charge in [-0.05, 0) is 68.7 Å². The van der Waals surface area contributed by atoms with Crippen LogP contribution in [0.3, 0.4) is 0 Å². The molecular weight excluding hydrogens is 374 g/mol. The fraction of sp³-hybridized carbons (Fsp3) is 0.455. The molecule has 1 atom stereocenters. The van der Waals surface area contributed by atoms with E-state index >= 15 is 0 Å². The van der Waals surface area contributed by atoms with E-state index in [2.05, 4.69) is 12.2 Å². The van der Waals surface area contributed by atoms with Crippen LogP contribution in [-0.4, -0.2) is 25.1 Å². The number of nitrogens with one attached hydrogen (secondary N) is 1. The molecule has 1 unspecified atom stereocenters. The Kier molecular flexibility index (Phi) is 6.39. The summed E-state index contributed by atoms with van der Waals surface area (Å²) in [5.74, 6) is 0.635. The lowest BCUT2D eigenvalue weighted by Gasteiger charge is -2.18. The first-order valence-electron chi connectivity index (χ1n) is 9.70. The van der Waals surface area contributed by atoms with Crippen LogP contribution in [0.4, 0.5) is 5.00 Å². The molecule has 0 bridgehead atoms. The molecular formula is C22H27NO4S. The third kappa shape index (κ3) is 4.55. The highest BCUT2D eigenvalue weighted by atomic mass is 32.1. The van der Waals surface area contributed by atoms with Crippen LogP contribution in [0.15, 0.2) is 18.2 Å². The van der Waals surface area contributed by atoms with E-state index in [9.17, 15) is 9.59 Å². The maximum atomic E-state index is 12.5. The second-order valence-corrected chi connectivity index (χ2v) is 8.49. The number of hydrogen-bond acceptors (Lipinski definition) is 5. The number of benzene rings is 1. The van der Waals surface area contributed by atoms with Crippen LogP contribution in [0.25, 0.3) is 0 Å². The van der Waals surface area contributed by atoms with E-state index in [0.29, 0.717) is 28.8 Å². The molecule has 1 aromatic heterocycles. The van der Waals surface area contributed by atoms with Gasteiger partial charge in [0, 0.05) is 4.88 Å². The minimum Gasteiger partial charge on any atom is -0.483 e. The van der Waals surface area contributed by atoms with Gasteiger partial charge < -0.3 is 14.8 Å². The van der Waals surface area contributed by atoms with E-state index in [-0.39, 0.29) is 18.5 Å². The van der Waals surface area contributed by atoms with Crippen LogP contribution >= 0.6 is 11.3 Å². The summed E-state index contributed by atoms with van der Waals surface area (Å²) in [6.45, 7) is 8.13. The third-order valence-corrected chi connectivity index (χ3v) is 6.12. The number of carbonyl (C=O) groups excluding carboxylic acids is 2. The van der Waals surface area contributed by atoms with Gasteiger partial charge in [-0.25, -0.2) is 4.79 Å². The Morgan fingerprint density at radius 3 is 2.82 bits per heavy atom. The maximum absolute atomic E-state index is 12.5. The summed E-state index contributed by atoms with van der Waals surface area (Å²) < 4.78 is 10.9. The second-order valence-electron chi connectivity index (χ2n) is 7.38. The first-order valence-corrected chi connectivity index (χ1v) is 10.5. The molecule has 6 heteroatoms. The van der Waals surface area contributed by atoms with Gasteiger partial charge in [-0.15, -0.1) is 11.3 Å². The van der Waals surface area contributed by atoms with Crippen molar-refractivity contribution in [1.82, 2.24) is 0 Å². The molecule has 0 spiro atoms. The van der Waals surface area contributed by atoms with Gasteiger partial charge >= 0.3 is 5.97 Å². The lowest BCUT2D eigenvalue weighted by atomic mass is 9.88. The van der Waals surface area contributed by atoms with Crippen molar-refractivity contribution in [3.05, 3.63) is 45.3 Å². The fourth-order valence-corrected chi connectivity index (χ4v) is 4.84. The Hall–Kier alpha value is -2.34. The first-order chi connectivity index (χ1) is 13.4. The molecule has 1 aliphatic rings. The molecule has 0 saturated carbocycles. The molecule has 0 fully saturated rings. The molecule has 2 aromatic rings. The second kappa shape index (κ2) is 8.78. The van der Waals surface area contributed by atoms with Crippen LogP contribution in [-0.2, 0) is 22.4 Å². The number of hydrogen-bond donors (Lipinski definition) is 1. The summed E-state index contributed by atoms with van der Waals surface area (Å²) in [4.78, 5) is 26.2. The number of thiophene rings is 1. The van der Waals surface area contributed by atoms with Gasteiger partial charge in [0.05, 0.1) is 12.2 Å². The number of rotatable bonds is 6. The topological polar surface area (TPSA) is 64.6 Å². The van der Waals surface area contributed by atoms with Crippen LogP contribution in [0.1, 0.15) is 52.2 Å². The average molecular weight is 402 g/mol. The number of esters is 1. The summed E-state index contributed by atoms with van der Waals surface area (Å²) >= 11 is 1.49. The maximum Gasteiger partial charge on any atom is 0.341 e. The predicted octanol–water partition coefficient (Wildman–Crippen LogP) is 4.68. The lowest BCUT2D eigenvalue weighted by Crippen LogP contribution is -2.21. The zero-order valence-electron chi connectivity index (χ0n) is 16.9. The summed E-state index contributed by atoms with van der Waals surface area (Å²) in [5, 5.41) is 3.46. The minimum atomic E-state index is -0.361. The number of aryl methyl sites for hydroxylation is 2. The number of fused-ring (bicyclic) bond motifs is 1. The zero-order chi connectivity index (χ0) is 20.3. The summed E-state index contributed by atoms with van der Waals surface area (Å²) in [7, 11) is 0. The van der Waals surface area contributed by atoms with Gasteiger partial charge in [-0.3, -0.25) is 4.79 Å². The molecule has 5 nitrogen and oxygen atoms in total. The molecule has 1 amide bonds. The summed E-state index contributed by atoms with van der Waals surface area (Å²) in [6, 6.07) is 5.89. The van der Waals surface area contributed by atoms with Gasteiger partial charge in [0.2, 0.25) is 0 Å². The average Bonchev–Trinajstić information content (AvgIpc) is 2.99. The standard InChI is InChI=1S/C22H27NO4S/c1-5-26-22(25)20-16-9-7-14(3)11-18(16)28-21(20)23-19(24)12-27-17-10-13(2)6-8-15(17)4/h6,8,10,14H,5,7,9,11-12H2,1-4H3,(H,23,24). The van der Waals surface area contributed by atoms with Crippen molar-refractivity contribution in [3.8, 4) is 5.75 Å². The minimum absolute atomic E-state index is 0.106. The van der Waals surface area contributed by atoms with Gasteiger partial charge in [-0.1, -0.05) is 19.1 Å². The highest BCUT2D eigenvalue weighted by molar-refractivity contribution is 7.17. The molecule has 0 radical (unpaired) electrons. The van der Waals surface area contributed by atoms with Crippen LogP contribution in [0.2, 0.25) is 0 Å². The molecule has 1 aromatic carbocycles. The first kappa shape index (κ1) is 20.4. The molecule has 1 N–H and O–H groups in total. The van der Waals surface area contributed by atoms with E-state index in [1.54, 1.807) is 6.92 Å². The molecule has 0 saturated heterocycles. The Labute approximate surface area is 170 Å². The van der Waals surface area contributed by atoms with Gasteiger partial charge in [-0.2, -0.15) is 0 Å². The van der Waals surface area contributed by atoms with Crippen molar-refractivity contribution in [2.24, 2.45) is 5.92 Å². The van der Waals surface area contributed by atoms with Crippen LogP contribution in [0, 0.1) is 19.8 Å². The van der Waals surface area contributed by atoms with Gasteiger partial charge in [0.15, 0.2) is 6.61 Å². The summed E-state index contributed by atoms with van der Waals surface area (Å²) in [5.41, 5.74) is 3.61. The van der Waals surface area contributed by atoms with Crippen molar-refractivity contribution in [2.45, 2.75) is 47.0 Å². The number of amides is 1. The Balaban J connectivity index is 1.76. The van der Waals surface area contributed by atoms with Crippen molar-refractivity contribution < 1.29 is 19.1 Å². The smallest absolute Gasteiger partial charge is 0.341 e. The monoisotopic (exact) mass is 401 g/mol. The highest BCUT2D eigenvalue weighted by Crippen LogP contribution is 2.40. The molecule has 3 rings (SSSR count). The Bertz CT molecular complexity index is 887. The van der Waals surface area contributed by atoms with Crippen molar-refractivity contribution in [3.63, 3.8) is 0 Å². The quantitative estimate of drug-likeness (QED) is 0.714. The lowest BCUT2D eigenvalue weighted by molar-refractivity contribution is -0.118. The molecule has 0 aliphatic heterocycles. The zero-order valence-corrected chi connectivity index (χ0v) is 17.7. The molecule has 1 aliphatic carbocycles. The number of ether oxygens (including phenoxy) is 2. The largest absolute Gasteiger partial charge is 0.483 e. The van der Waals surface area contributed by atoms with Gasteiger partial charge in [0.25, 0.3) is 5.91 Å². The van der Waals surface area contributed by atoms with E-state index in [0.717, 1.165) is 36.0 Å². The predicted molar refractivity (Wildman–Crippen MR) is 112 cm³/mol. The molecule has 150 valence electrons. The fourth-order valence-electron chi connectivity index (χ4n) is 3.43. The van der Waals surface area contributed by atoms with Crippen LogP contribution < -0.4 is 10.1 Å². The molecule has 1 heterocycles. The van der Waals surface area contributed by atoms with E-state index < -0.39 is 0 Å². The van der Waals surface area contributed by atoms with E-state index in [1.807, 2.05) is 32.0 Å². The number of carbonyl (C=O) groups is 2. The summed E-state index contributed by atoms with van der Waals surface area (Å²) in [6.07, 6.45) is 2.82. The van der Waals surface area contributed by atoms with Crippen molar-refractivity contribution >= 4 is 28.2 Å². The Morgan fingerprint density at radius 2 is 2.07 bits per heavy atom. The van der Waals surface area contributed by atoms with Crippen molar-refractivity contribution in [1.29, 1.82) is 0 Å². The highest BCUT2D eigenvalue weighted by Gasteiger charge is 2.29. The van der Waals surface area contributed by atoms with Crippen molar-refractivity contribution in [2.75, 3.05) is 18.5 Å². The normalized spacial score (nSPS) is 15.6. The molecule has 28 heavy (non-hydrogen) atoms. The SMILES string of the molecule is CCOC(=O)c1c(NC(=O)COc2cc(C)ccc2C)sc2c1CCC(C)C2. The number of anilines is 1. The van der Waals surface area contributed by atoms with Crippen LogP contribution in [0.5, 0.6) is 5.75 Å². The van der Waals surface area contributed by atoms with E-state index in [4.69, 9.17) is 9.47 Å². The van der Waals surface area contributed by atoms with E-state index in [1.165, 1.54) is 16.2 Å². The van der Waals surface area contributed by atoms with Gasteiger partial charge in [0.1, 0.15) is 10.8 Å². The third-order valence-electron chi connectivity index (χ3n) is 4.95.